The van der Waals surface area contributed by atoms with E-state index in [0.717, 1.165) is 5.56 Å². The fourth-order valence-corrected chi connectivity index (χ4v) is 3.52. The molecule has 8 nitrogen and oxygen atoms in total. The van der Waals surface area contributed by atoms with Gasteiger partial charge in [-0.15, -0.1) is 0 Å². The molecule has 0 aromatic heterocycles. The summed E-state index contributed by atoms with van der Waals surface area (Å²) < 4.78 is 10.8. The van der Waals surface area contributed by atoms with E-state index in [4.69, 9.17) is 26.7 Å². The van der Waals surface area contributed by atoms with Crippen LogP contribution in [0.1, 0.15) is 34.5 Å². The lowest BCUT2D eigenvalue weighted by Gasteiger charge is -2.40. The van der Waals surface area contributed by atoms with Crippen LogP contribution in [0.2, 0.25) is 0 Å². The van der Waals surface area contributed by atoms with Crippen LogP contribution in [0.3, 0.4) is 0 Å². The first kappa shape index (κ1) is 22.0. The van der Waals surface area contributed by atoms with Gasteiger partial charge in [0.2, 0.25) is 0 Å². The highest BCUT2D eigenvalue weighted by atomic mass is 16.5. The molecular weight excluding hydrogens is 396 g/mol. The largest absolute Gasteiger partial charge is 0.507 e. The number of hydrogen-bond donors (Lipinski definition) is 4. The predicted molar refractivity (Wildman–Crippen MR) is 118 cm³/mol. The van der Waals surface area contributed by atoms with Gasteiger partial charge in [0, 0.05) is 23.8 Å². The molecule has 164 valence electrons. The molecule has 1 heterocycles. The first-order valence-electron chi connectivity index (χ1n) is 9.89. The van der Waals surface area contributed by atoms with Gasteiger partial charge in [0.05, 0.1) is 25.0 Å². The molecule has 1 aliphatic rings. The minimum atomic E-state index is -0.391. The lowest BCUT2D eigenvalue weighted by molar-refractivity contribution is -0.0457. The average Bonchev–Trinajstić information content (AvgIpc) is 2.77. The Morgan fingerprint density at radius 1 is 1.16 bits per heavy atom. The zero-order valence-corrected chi connectivity index (χ0v) is 17.6. The molecule has 31 heavy (non-hydrogen) atoms. The van der Waals surface area contributed by atoms with Crippen molar-refractivity contribution in [3.8, 4) is 5.75 Å². The molecule has 0 spiro atoms. The van der Waals surface area contributed by atoms with Gasteiger partial charge in [0.1, 0.15) is 17.7 Å². The summed E-state index contributed by atoms with van der Waals surface area (Å²) in [5.74, 6) is -0.200. The molecule has 2 aromatic rings. The van der Waals surface area contributed by atoms with Crippen molar-refractivity contribution in [3.05, 3.63) is 82.8 Å². The van der Waals surface area contributed by atoms with E-state index in [1.54, 1.807) is 42.5 Å². The number of benzene rings is 2. The molecule has 1 aliphatic heterocycles. The fourth-order valence-electron chi connectivity index (χ4n) is 3.52. The Morgan fingerprint density at radius 2 is 1.84 bits per heavy atom. The summed E-state index contributed by atoms with van der Waals surface area (Å²) in [5, 5.41) is 10.1. The minimum Gasteiger partial charge on any atom is -0.507 e. The Labute approximate surface area is 181 Å². The summed E-state index contributed by atoms with van der Waals surface area (Å²) in [5.41, 5.74) is 21.1. The van der Waals surface area contributed by atoms with Gasteiger partial charge in [0.15, 0.2) is 0 Å². The topological polar surface area (TPSA) is 137 Å². The van der Waals surface area contributed by atoms with E-state index < -0.39 is 5.97 Å². The van der Waals surface area contributed by atoms with Crippen molar-refractivity contribution >= 4 is 11.7 Å². The van der Waals surface area contributed by atoms with Gasteiger partial charge in [-0.1, -0.05) is 24.3 Å². The van der Waals surface area contributed by atoms with Crippen molar-refractivity contribution in [2.75, 3.05) is 20.3 Å². The van der Waals surface area contributed by atoms with E-state index >= 15 is 0 Å². The molecule has 8 heteroatoms. The highest BCUT2D eigenvalue weighted by Gasteiger charge is 2.29. The molecule has 1 fully saturated rings. The number of nitrogens with zero attached hydrogens (tertiary/aromatic N) is 1. The number of phenolic OH excluding ortho intramolecular Hbond substituents is 1. The zero-order valence-electron chi connectivity index (χ0n) is 17.6. The van der Waals surface area contributed by atoms with E-state index in [1.807, 2.05) is 24.0 Å². The van der Waals surface area contributed by atoms with Gasteiger partial charge >= 0.3 is 5.97 Å². The molecule has 3 rings (SSSR count). The highest BCUT2D eigenvalue weighted by Crippen LogP contribution is 2.30. The second-order valence-corrected chi connectivity index (χ2v) is 7.39. The molecular formula is C23H28N4O4. The molecule has 0 aliphatic carbocycles. The Morgan fingerprint density at radius 3 is 2.45 bits per heavy atom. The second kappa shape index (κ2) is 9.44. The number of aromatic hydroxyl groups is 1. The van der Waals surface area contributed by atoms with Crippen LogP contribution in [0, 0.1) is 0 Å². The quantitative estimate of drug-likeness (QED) is 0.423. The number of carbonyl (C=O) groups is 1. The summed E-state index contributed by atoms with van der Waals surface area (Å²) in [6.45, 7) is 2.94. The number of ether oxygens (including phenoxy) is 2. The second-order valence-electron chi connectivity index (χ2n) is 7.39. The van der Waals surface area contributed by atoms with Crippen molar-refractivity contribution in [1.82, 2.24) is 4.90 Å². The lowest BCUT2D eigenvalue weighted by atomic mass is 10.0. The van der Waals surface area contributed by atoms with E-state index in [0.29, 0.717) is 35.7 Å². The number of nitrogens with two attached hydrogens (primary N) is 3. The van der Waals surface area contributed by atoms with Gasteiger partial charge in [-0.25, -0.2) is 4.79 Å². The van der Waals surface area contributed by atoms with Crippen LogP contribution in [0.25, 0.3) is 5.70 Å². The Balaban J connectivity index is 1.87. The van der Waals surface area contributed by atoms with Crippen molar-refractivity contribution in [1.29, 1.82) is 0 Å². The van der Waals surface area contributed by atoms with Crippen LogP contribution < -0.4 is 17.2 Å². The van der Waals surface area contributed by atoms with Crippen LogP contribution in [0.15, 0.2) is 66.1 Å². The Bertz CT molecular complexity index is 997. The van der Waals surface area contributed by atoms with Gasteiger partial charge in [-0.05, 0) is 42.8 Å². The van der Waals surface area contributed by atoms with E-state index in [9.17, 15) is 9.90 Å². The highest BCUT2D eigenvalue weighted by molar-refractivity contribution is 5.89. The summed E-state index contributed by atoms with van der Waals surface area (Å²) in [4.78, 5) is 13.7. The molecule has 2 aromatic carbocycles. The molecule has 2 atom stereocenters. The van der Waals surface area contributed by atoms with Gasteiger partial charge in [-0.2, -0.15) is 0 Å². The third kappa shape index (κ3) is 4.92. The average molecular weight is 425 g/mol. The maximum Gasteiger partial charge on any atom is 0.337 e. The standard InChI is InChI=1S/C23H28N4O4/c1-14-13-31-21(15-7-9-16(10-8-15)23(29)30-2)12-27(14)19(22(25)26)11-18(24)17-5-3-4-6-20(17)28/h3-11,14,21,28H,12-13,24-26H2,1-2H3/b18-11-. The summed E-state index contributed by atoms with van der Waals surface area (Å²) in [7, 11) is 1.35. The van der Waals surface area contributed by atoms with Crippen LogP contribution in [0.5, 0.6) is 5.75 Å². The van der Waals surface area contributed by atoms with Crippen LogP contribution in [0.4, 0.5) is 0 Å². The number of allylic oxidation sites excluding steroid dienone is 1. The normalized spacial score (nSPS) is 19.0. The lowest BCUT2D eigenvalue weighted by Crippen LogP contribution is -2.45. The number of esters is 1. The predicted octanol–water partition coefficient (Wildman–Crippen LogP) is 2.03. The third-order valence-electron chi connectivity index (χ3n) is 5.25. The van der Waals surface area contributed by atoms with Crippen molar-refractivity contribution < 1.29 is 19.4 Å². The monoisotopic (exact) mass is 424 g/mol. The third-order valence-corrected chi connectivity index (χ3v) is 5.25. The van der Waals surface area contributed by atoms with E-state index in [1.165, 1.54) is 7.11 Å². The zero-order chi connectivity index (χ0) is 22.5. The molecule has 1 saturated heterocycles. The number of hydrogen-bond acceptors (Lipinski definition) is 8. The molecule has 0 saturated carbocycles. The molecule has 0 radical (unpaired) electrons. The number of para-hydroxylation sites is 1. The van der Waals surface area contributed by atoms with E-state index in [-0.39, 0.29) is 23.7 Å². The smallest absolute Gasteiger partial charge is 0.337 e. The minimum absolute atomic E-state index is 0.00360. The van der Waals surface area contributed by atoms with Crippen molar-refractivity contribution in [3.63, 3.8) is 0 Å². The van der Waals surface area contributed by atoms with Gasteiger partial charge < -0.3 is 36.7 Å². The molecule has 0 amide bonds. The molecule has 7 N–H and O–H groups in total. The van der Waals surface area contributed by atoms with Crippen molar-refractivity contribution in [2.24, 2.45) is 17.2 Å². The maximum absolute atomic E-state index is 11.7. The number of methoxy groups -OCH3 is 1. The SMILES string of the molecule is COC(=O)c1ccc(C2CN(C(/C=C(\N)c3ccccc3O)=C(N)N)C(C)CO2)cc1. The molecule has 2 unspecified atom stereocenters. The molecule has 0 bridgehead atoms. The summed E-state index contributed by atoms with van der Waals surface area (Å²) >= 11 is 0. The van der Waals surface area contributed by atoms with Crippen LogP contribution in [-0.2, 0) is 9.47 Å². The number of carbonyl (C=O) groups excluding carboxylic acids is 1. The number of rotatable bonds is 5. The van der Waals surface area contributed by atoms with Crippen LogP contribution >= 0.6 is 0 Å². The van der Waals surface area contributed by atoms with Crippen LogP contribution in [-0.4, -0.2) is 42.3 Å². The number of phenols is 1. The summed E-state index contributed by atoms with van der Waals surface area (Å²) in [6.07, 6.45) is 1.42. The Kier molecular flexibility index (Phi) is 6.71. The fraction of sp³-hybridized carbons (Fsp3) is 0.261. The first-order valence-corrected chi connectivity index (χ1v) is 9.89. The van der Waals surface area contributed by atoms with Gasteiger partial charge in [0.25, 0.3) is 0 Å². The first-order chi connectivity index (χ1) is 14.8. The number of morpholine rings is 1. The Hall–Kier alpha value is -3.65. The summed E-state index contributed by atoms with van der Waals surface area (Å²) in [6, 6.07) is 13.9. The van der Waals surface area contributed by atoms with E-state index in [2.05, 4.69) is 0 Å². The van der Waals surface area contributed by atoms with Gasteiger partial charge in [-0.3, -0.25) is 0 Å². The van der Waals surface area contributed by atoms with Crippen molar-refractivity contribution in [2.45, 2.75) is 19.1 Å². The maximum atomic E-state index is 11.7.